The standard InChI is InChI=1S/C21H18N4O4/c1-12-5-4-10-25-17(12)23-18-15(20(25)27)11-16(24(18)2)19(26)22-14-8-6-13(7-9-14)21(28)29-3/h4-11H,1-3H3,(H,22,26). The van der Waals surface area contributed by atoms with Crippen LogP contribution in [-0.2, 0) is 11.8 Å². The molecule has 0 aliphatic rings. The summed E-state index contributed by atoms with van der Waals surface area (Å²) >= 11 is 0. The third-order valence-electron chi connectivity index (χ3n) is 4.82. The molecule has 0 fully saturated rings. The fraction of sp³-hybridized carbons (Fsp3) is 0.143. The number of carbonyl (C=O) groups is 2. The van der Waals surface area contributed by atoms with E-state index in [2.05, 4.69) is 15.0 Å². The number of aromatic nitrogens is 3. The normalized spacial score (nSPS) is 11.0. The van der Waals surface area contributed by atoms with E-state index < -0.39 is 5.97 Å². The number of hydrogen-bond acceptors (Lipinski definition) is 5. The van der Waals surface area contributed by atoms with Gasteiger partial charge in [-0.3, -0.25) is 14.0 Å². The SMILES string of the molecule is COC(=O)c1ccc(NC(=O)c2cc3c(=O)n4cccc(C)c4nc3n2C)cc1. The molecule has 0 aliphatic carbocycles. The summed E-state index contributed by atoms with van der Waals surface area (Å²) in [7, 11) is 3.00. The number of amides is 1. The van der Waals surface area contributed by atoms with Crippen LogP contribution in [0.1, 0.15) is 26.4 Å². The molecule has 0 bridgehead atoms. The summed E-state index contributed by atoms with van der Waals surface area (Å²) in [5.41, 5.74) is 2.82. The van der Waals surface area contributed by atoms with Crippen molar-refractivity contribution in [3.05, 3.63) is 75.8 Å². The zero-order valence-electron chi connectivity index (χ0n) is 16.1. The predicted octanol–water partition coefficient (Wildman–Crippen LogP) is 2.53. The molecule has 4 aromatic rings. The maximum atomic E-state index is 12.9. The molecule has 29 heavy (non-hydrogen) atoms. The Hall–Kier alpha value is -3.94. The molecule has 0 saturated carbocycles. The lowest BCUT2D eigenvalue weighted by atomic mass is 10.2. The number of esters is 1. The molecule has 0 unspecified atom stereocenters. The minimum absolute atomic E-state index is 0.231. The number of fused-ring (bicyclic) bond motifs is 2. The second-order valence-electron chi connectivity index (χ2n) is 6.65. The molecule has 146 valence electrons. The Morgan fingerprint density at radius 2 is 1.83 bits per heavy atom. The second-order valence-corrected chi connectivity index (χ2v) is 6.65. The lowest BCUT2D eigenvalue weighted by molar-refractivity contribution is 0.0600. The van der Waals surface area contributed by atoms with E-state index in [4.69, 9.17) is 0 Å². The van der Waals surface area contributed by atoms with Gasteiger partial charge in [-0.1, -0.05) is 6.07 Å². The molecule has 0 saturated heterocycles. The fourth-order valence-electron chi connectivity index (χ4n) is 3.25. The van der Waals surface area contributed by atoms with E-state index in [9.17, 15) is 14.4 Å². The number of nitrogens with one attached hydrogen (secondary N) is 1. The van der Waals surface area contributed by atoms with Gasteiger partial charge in [0.2, 0.25) is 0 Å². The number of methoxy groups -OCH3 is 1. The Bertz CT molecular complexity index is 1330. The zero-order chi connectivity index (χ0) is 20.7. The Balaban J connectivity index is 1.73. The molecule has 0 radical (unpaired) electrons. The largest absolute Gasteiger partial charge is 0.465 e. The van der Waals surface area contributed by atoms with Crippen molar-refractivity contribution in [3.63, 3.8) is 0 Å². The maximum Gasteiger partial charge on any atom is 0.337 e. The minimum Gasteiger partial charge on any atom is -0.465 e. The van der Waals surface area contributed by atoms with E-state index in [1.54, 1.807) is 48.1 Å². The van der Waals surface area contributed by atoms with E-state index in [-0.39, 0.29) is 11.5 Å². The van der Waals surface area contributed by atoms with Crippen LogP contribution in [0.5, 0.6) is 0 Å². The smallest absolute Gasteiger partial charge is 0.337 e. The summed E-state index contributed by atoms with van der Waals surface area (Å²) in [5.74, 6) is -0.841. The maximum absolute atomic E-state index is 12.9. The number of pyridine rings is 1. The molecule has 3 heterocycles. The molecule has 0 aliphatic heterocycles. The number of nitrogens with zero attached hydrogens (tertiary/aromatic N) is 3. The first-order chi connectivity index (χ1) is 13.9. The number of aryl methyl sites for hydroxylation is 2. The van der Waals surface area contributed by atoms with Crippen molar-refractivity contribution < 1.29 is 14.3 Å². The molecule has 1 aromatic carbocycles. The van der Waals surface area contributed by atoms with E-state index in [1.165, 1.54) is 17.6 Å². The van der Waals surface area contributed by atoms with Gasteiger partial charge in [-0.15, -0.1) is 0 Å². The van der Waals surface area contributed by atoms with Gasteiger partial charge in [0.1, 0.15) is 17.0 Å². The van der Waals surface area contributed by atoms with Crippen molar-refractivity contribution in [1.82, 2.24) is 14.0 Å². The van der Waals surface area contributed by atoms with E-state index in [0.29, 0.717) is 33.6 Å². The van der Waals surface area contributed by atoms with Gasteiger partial charge in [0, 0.05) is 18.9 Å². The quantitative estimate of drug-likeness (QED) is 0.543. The summed E-state index contributed by atoms with van der Waals surface area (Å²) in [6, 6.07) is 11.5. The number of ether oxygens (including phenoxy) is 1. The Kier molecular flexibility index (Phi) is 4.38. The van der Waals surface area contributed by atoms with Crippen LogP contribution in [0, 0.1) is 6.92 Å². The molecule has 0 atom stereocenters. The van der Waals surface area contributed by atoms with Crippen LogP contribution in [0.25, 0.3) is 16.7 Å². The number of anilines is 1. The van der Waals surface area contributed by atoms with Crippen molar-refractivity contribution in [1.29, 1.82) is 0 Å². The molecule has 8 nitrogen and oxygen atoms in total. The average molecular weight is 390 g/mol. The fourth-order valence-corrected chi connectivity index (χ4v) is 3.25. The van der Waals surface area contributed by atoms with Gasteiger partial charge in [0.15, 0.2) is 0 Å². The van der Waals surface area contributed by atoms with Crippen molar-refractivity contribution in [2.75, 3.05) is 12.4 Å². The molecule has 4 rings (SSSR count). The van der Waals surface area contributed by atoms with Gasteiger partial charge in [0.25, 0.3) is 11.5 Å². The third-order valence-corrected chi connectivity index (χ3v) is 4.82. The van der Waals surface area contributed by atoms with Crippen LogP contribution in [0.2, 0.25) is 0 Å². The number of carbonyl (C=O) groups excluding carboxylic acids is 2. The Morgan fingerprint density at radius 1 is 1.10 bits per heavy atom. The summed E-state index contributed by atoms with van der Waals surface area (Å²) in [6.07, 6.45) is 1.66. The minimum atomic E-state index is -0.453. The van der Waals surface area contributed by atoms with Crippen molar-refractivity contribution in [2.45, 2.75) is 6.92 Å². The van der Waals surface area contributed by atoms with E-state index >= 15 is 0 Å². The highest BCUT2D eigenvalue weighted by molar-refractivity contribution is 6.06. The van der Waals surface area contributed by atoms with Gasteiger partial charge in [0.05, 0.1) is 18.1 Å². The van der Waals surface area contributed by atoms with Crippen molar-refractivity contribution in [2.24, 2.45) is 7.05 Å². The molecule has 3 aromatic heterocycles. The van der Waals surface area contributed by atoms with Crippen LogP contribution >= 0.6 is 0 Å². The predicted molar refractivity (Wildman–Crippen MR) is 108 cm³/mol. The lowest BCUT2D eigenvalue weighted by Crippen LogP contribution is -2.16. The number of rotatable bonds is 3. The zero-order valence-corrected chi connectivity index (χ0v) is 16.1. The average Bonchev–Trinajstić information content (AvgIpc) is 3.06. The molecular weight excluding hydrogens is 372 g/mol. The van der Waals surface area contributed by atoms with Crippen LogP contribution in [0.4, 0.5) is 5.69 Å². The number of benzene rings is 1. The highest BCUT2D eigenvalue weighted by atomic mass is 16.5. The lowest BCUT2D eigenvalue weighted by Gasteiger charge is -2.07. The highest BCUT2D eigenvalue weighted by Gasteiger charge is 2.18. The summed E-state index contributed by atoms with van der Waals surface area (Å²) in [6.45, 7) is 1.88. The van der Waals surface area contributed by atoms with Gasteiger partial charge in [-0.25, -0.2) is 9.78 Å². The Morgan fingerprint density at radius 3 is 2.52 bits per heavy atom. The van der Waals surface area contributed by atoms with Crippen molar-refractivity contribution >= 4 is 34.2 Å². The van der Waals surface area contributed by atoms with Crippen LogP contribution in [0.3, 0.4) is 0 Å². The van der Waals surface area contributed by atoms with Crippen LogP contribution in [0.15, 0.2) is 53.5 Å². The Labute approximate surface area is 165 Å². The molecule has 1 amide bonds. The van der Waals surface area contributed by atoms with E-state index in [0.717, 1.165) is 5.56 Å². The van der Waals surface area contributed by atoms with Crippen molar-refractivity contribution in [3.8, 4) is 0 Å². The summed E-state index contributed by atoms with van der Waals surface area (Å²) in [4.78, 5) is 41.7. The molecule has 0 spiro atoms. The van der Waals surface area contributed by atoms with Gasteiger partial charge in [-0.05, 0) is 48.9 Å². The van der Waals surface area contributed by atoms with Crippen LogP contribution < -0.4 is 10.9 Å². The number of hydrogen-bond donors (Lipinski definition) is 1. The van der Waals surface area contributed by atoms with E-state index in [1.807, 2.05) is 13.0 Å². The summed E-state index contributed by atoms with van der Waals surface area (Å²) in [5, 5.41) is 3.13. The van der Waals surface area contributed by atoms with Gasteiger partial charge >= 0.3 is 5.97 Å². The first-order valence-electron chi connectivity index (χ1n) is 8.88. The molecular formula is C21H18N4O4. The first kappa shape index (κ1) is 18.4. The summed E-state index contributed by atoms with van der Waals surface area (Å²) < 4.78 is 7.74. The highest BCUT2D eigenvalue weighted by Crippen LogP contribution is 2.18. The second kappa shape index (κ2) is 6.90. The molecule has 8 heteroatoms. The monoisotopic (exact) mass is 390 g/mol. The third kappa shape index (κ3) is 3.04. The topological polar surface area (TPSA) is 94.7 Å². The van der Waals surface area contributed by atoms with Gasteiger partial charge < -0.3 is 14.6 Å². The van der Waals surface area contributed by atoms with Gasteiger partial charge in [-0.2, -0.15) is 0 Å². The molecule has 1 N–H and O–H groups in total. The van der Waals surface area contributed by atoms with Crippen LogP contribution in [-0.4, -0.2) is 32.9 Å². The first-order valence-corrected chi connectivity index (χ1v) is 8.88.